The summed E-state index contributed by atoms with van der Waals surface area (Å²) >= 11 is 0. The van der Waals surface area contributed by atoms with E-state index in [0.29, 0.717) is 18.7 Å². The Balaban J connectivity index is 2.39. The van der Waals surface area contributed by atoms with Crippen molar-refractivity contribution < 1.29 is 14.3 Å². The number of carbonyl (C=O) groups is 2. The minimum absolute atomic E-state index is 0.00184. The maximum atomic E-state index is 11.8. The molecule has 0 bridgehead atoms. The molecule has 0 heterocycles. The number of benzene rings is 1. The van der Waals surface area contributed by atoms with E-state index in [9.17, 15) is 9.59 Å². The summed E-state index contributed by atoms with van der Waals surface area (Å²) in [6, 6.07) is 9.38. The van der Waals surface area contributed by atoms with Crippen LogP contribution >= 0.6 is 0 Å². The lowest BCUT2D eigenvalue weighted by molar-refractivity contribution is -0.144. The van der Waals surface area contributed by atoms with Crippen LogP contribution in [0.15, 0.2) is 24.3 Å². The summed E-state index contributed by atoms with van der Waals surface area (Å²) < 4.78 is 4.78. The van der Waals surface area contributed by atoms with Crippen LogP contribution in [0.4, 0.5) is 0 Å². The highest BCUT2D eigenvalue weighted by molar-refractivity contribution is 5.84. The number of nitrogens with zero attached hydrogens (tertiary/aromatic N) is 2. The molecule has 5 heteroatoms. The zero-order valence-corrected chi connectivity index (χ0v) is 12.5. The molecule has 0 unspecified atom stereocenters. The van der Waals surface area contributed by atoms with Gasteiger partial charge >= 0.3 is 5.97 Å². The van der Waals surface area contributed by atoms with E-state index < -0.39 is 0 Å². The molecule has 0 amide bonds. The second-order valence-electron chi connectivity index (χ2n) is 4.83. The van der Waals surface area contributed by atoms with Crippen LogP contribution in [0, 0.1) is 11.3 Å². The van der Waals surface area contributed by atoms with Gasteiger partial charge in [-0.15, -0.1) is 0 Å². The van der Waals surface area contributed by atoms with Gasteiger partial charge in [0.05, 0.1) is 31.2 Å². The summed E-state index contributed by atoms with van der Waals surface area (Å²) in [6.07, 6.45) is 0.325. The molecule has 0 N–H and O–H groups in total. The Bertz CT molecular complexity index is 535. The van der Waals surface area contributed by atoms with Crippen molar-refractivity contribution in [1.82, 2.24) is 4.90 Å². The van der Waals surface area contributed by atoms with E-state index in [1.54, 1.807) is 19.1 Å². The molecule has 0 saturated heterocycles. The van der Waals surface area contributed by atoms with Gasteiger partial charge in [-0.3, -0.25) is 14.5 Å². The number of ketones is 1. The first-order valence-corrected chi connectivity index (χ1v) is 6.90. The fourth-order valence-corrected chi connectivity index (χ4v) is 1.96. The van der Waals surface area contributed by atoms with Gasteiger partial charge in [0.15, 0.2) is 0 Å². The number of ether oxygens (including phenoxy) is 1. The number of carbonyl (C=O) groups excluding carboxylic acids is 2. The second-order valence-corrected chi connectivity index (χ2v) is 4.83. The fraction of sp³-hybridized carbons (Fsp3) is 0.438. The number of rotatable bonds is 8. The third-order valence-electron chi connectivity index (χ3n) is 2.87. The molecule has 112 valence electrons. The van der Waals surface area contributed by atoms with Crippen molar-refractivity contribution in [2.75, 3.05) is 20.2 Å². The van der Waals surface area contributed by atoms with Gasteiger partial charge in [-0.2, -0.15) is 5.26 Å². The molecule has 0 fully saturated rings. The van der Waals surface area contributed by atoms with E-state index in [0.717, 1.165) is 5.56 Å². The number of hydrogen-bond acceptors (Lipinski definition) is 5. The van der Waals surface area contributed by atoms with E-state index in [1.807, 2.05) is 24.1 Å². The minimum atomic E-state index is -0.338. The Morgan fingerprint density at radius 1 is 1.33 bits per heavy atom. The van der Waals surface area contributed by atoms with Crippen molar-refractivity contribution in [2.45, 2.75) is 26.3 Å². The molecule has 0 saturated carbocycles. The standard InChI is InChI=1S/C16H20N2O3/c1-3-21-16(20)8-7-15(19)12-18(2)11-14-6-4-5-13(9-14)10-17/h4-6,9H,3,7-8,11-12H2,1-2H3. The van der Waals surface area contributed by atoms with Gasteiger partial charge in [-0.25, -0.2) is 0 Å². The SMILES string of the molecule is CCOC(=O)CCC(=O)CN(C)Cc1cccc(C#N)c1. The molecule has 0 aliphatic rings. The molecule has 0 aromatic heterocycles. The topological polar surface area (TPSA) is 70.4 Å². The van der Waals surface area contributed by atoms with Crippen LogP contribution in [0.25, 0.3) is 0 Å². The number of Topliss-reactive ketones (excluding diaryl/α,β-unsaturated/α-hetero) is 1. The molecule has 1 rings (SSSR count). The van der Waals surface area contributed by atoms with E-state index >= 15 is 0 Å². The van der Waals surface area contributed by atoms with Crippen LogP contribution in [0.3, 0.4) is 0 Å². The molecule has 1 aromatic carbocycles. The zero-order valence-electron chi connectivity index (χ0n) is 12.5. The van der Waals surface area contributed by atoms with Gasteiger partial charge in [0, 0.05) is 13.0 Å². The highest BCUT2D eigenvalue weighted by Crippen LogP contribution is 2.07. The first kappa shape index (κ1) is 16.9. The van der Waals surface area contributed by atoms with Gasteiger partial charge in [-0.1, -0.05) is 12.1 Å². The van der Waals surface area contributed by atoms with Gasteiger partial charge in [-0.05, 0) is 31.7 Å². The predicted molar refractivity (Wildman–Crippen MR) is 78.4 cm³/mol. The van der Waals surface area contributed by atoms with Crippen LogP contribution < -0.4 is 0 Å². The van der Waals surface area contributed by atoms with E-state index in [2.05, 4.69) is 6.07 Å². The molecule has 0 aliphatic heterocycles. The van der Waals surface area contributed by atoms with E-state index in [4.69, 9.17) is 10.00 Å². The molecule has 1 aromatic rings. The van der Waals surface area contributed by atoms with Gasteiger partial charge in [0.25, 0.3) is 0 Å². The lowest BCUT2D eigenvalue weighted by atomic mass is 10.1. The Morgan fingerprint density at radius 3 is 2.76 bits per heavy atom. The van der Waals surface area contributed by atoms with Crippen molar-refractivity contribution in [2.24, 2.45) is 0 Å². The summed E-state index contributed by atoms with van der Waals surface area (Å²) in [4.78, 5) is 24.8. The predicted octanol–water partition coefficient (Wildman–Crippen LogP) is 1.90. The quantitative estimate of drug-likeness (QED) is 0.683. The Hall–Kier alpha value is -2.19. The second kappa shape index (κ2) is 8.88. The fourth-order valence-electron chi connectivity index (χ4n) is 1.96. The van der Waals surface area contributed by atoms with Gasteiger partial charge in [0.1, 0.15) is 5.78 Å². The zero-order chi connectivity index (χ0) is 15.7. The van der Waals surface area contributed by atoms with Crippen LogP contribution in [0.2, 0.25) is 0 Å². The minimum Gasteiger partial charge on any atom is -0.466 e. The van der Waals surface area contributed by atoms with Crippen LogP contribution in [0.1, 0.15) is 30.9 Å². The molecular weight excluding hydrogens is 268 g/mol. The Kier molecular flexibility index (Phi) is 7.13. The summed E-state index contributed by atoms with van der Waals surface area (Å²) in [5.41, 5.74) is 1.59. The molecule has 0 aliphatic carbocycles. The van der Waals surface area contributed by atoms with Crippen molar-refractivity contribution in [3.8, 4) is 6.07 Å². The molecule has 21 heavy (non-hydrogen) atoms. The maximum Gasteiger partial charge on any atom is 0.306 e. The summed E-state index contributed by atoms with van der Waals surface area (Å²) in [5, 5.41) is 8.85. The third-order valence-corrected chi connectivity index (χ3v) is 2.87. The Labute approximate surface area is 125 Å². The first-order chi connectivity index (χ1) is 10.0. The van der Waals surface area contributed by atoms with E-state index in [-0.39, 0.29) is 31.1 Å². The van der Waals surface area contributed by atoms with Gasteiger partial charge < -0.3 is 4.74 Å². The van der Waals surface area contributed by atoms with Gasteiger partial charge in [0.2, 0.25) is 0 Å². The first-order valence-electron chi connectivity index (χ1n) is 6.90. The molecule has 5 nitrogen and oxygen atoms in total. The third kappa shape index (κ3) is 6.68. The molecule has 0 radical (unpaired) electrons. The highest BCUT2D eigenvalue weighted by Gasteiger charge is 2.10. The number of esters is 1. The molecule has 0 atom stereocenters. The molecule has 0 spiro atoms. The smallest absolute Gasteiger partial charge is 0.306 e. The average molecular weight is 288 g/mol. The normalized spacial score (nSPS) is 10.2. The summed E-state index contributed by atoms with van der Waals surface area (Å²) in [5.74, 6) is -0.336. The largest absolute Gasteiger partial charge is 0.466 e. The number of likely N-dealkylation sites (N-methyl/N-ethyl adjacent to an activating group) is 1. The summed E-state index contributed by atoms with van der Waals surface area (Å²) in [7, 11) is 1.83. The van der Waals surface area contributed by atoms with Crippen molar-refractivity contribution in [3.05, 3.63) is 35.4 Å². The van der Waals surface area contributed by atoms with Crippen molar-refractivity contribution in [1.29, 1.82) is 5.26 Å². The summed E-state index contributed by atoms with van der Waals surface area (Å²) in [6.45, 7) is 2.93. The van der Waals surface area contributed by atoms with Crippen LogP contribution in [-0.4, -0.2) is 36.9 Å². The van der Waals surface area contributed by atoms with Crippen molar-refractivity contribution >= 4 is 11.8 Å². The van der Waals surface area contributed by atoms with Crippen LogP contribution in [-0.2, 0) is 20.9 Å². The Morgan fingerprint density at radius 2 is 2.10 bits per heavy atom. The number of nitriles is 1. The van der Waals surface area contributed by atoms with E-state index in [1.165, 1.54) is 0 Å². The highest BCUT2D eigenvalue weighted by atomic mass is 16.5. The lowest BCUT2D eigenvalue weighted by Gasteiger charge is -2.15. The molecular formula is C16H20N2O3. The monoisotopic (exact) mass is 288 g/mol. The average Bonchev–Trinajstić information content (AvgIpc) is 2.45. The maximum absolute atomic E-state index is 11.8. The van der Waals surface area contributed by atoms with Crippen LogP contribution in [0.5, 0.6) is 0 Å². The van der Waals surface area contributed by atoms with Crippen molar-refractivity contribution in [3.63, 3.8) is 0 Å². The number of hydrogen-bond donors (Lipinski definition) is 0. The lowest BCUT2D eigenvalue weighted by Crippen LogP contribution is -2.26.